The number of unbranched alkanes of at least 4 members (excludes halogenated alkanes) is 27. The lowest BCUT2D eigenvalue weighted by atomic mass is 10.0. The maximum atomic E-state index is 12.9. The van der Waals surface area contributed by atoms with E-state index in [0.717, 1.165) is 116 Å². The van der Waals surface area contributed by atoms with Gasteiger partial charge in [0.2, 0.25) is 0 Å². The van der Waals surface area contributed by atoms with Crippen molar-refractivity contribution in [1.82, 2.24) is 0 Å². The third kappa shape index (κ3) is 62.7. The van der Waals surface area contributed by atoms with Crippen molar-refractivity contribution in [2.75, 3.05) is 13.2 Å². The fraction of sp³-hybridized carbons (Fsp3) is 0.681. The first-order valence-electron chi connectivity index (χ1n) is 32.5. The lowest BCUT2D eigenvalue weighted by Crippen LogP contribution is -2.30. The second-order valence-electron chi connectivity index (χ2n) is 21.3. The summed E-state index contributed by atoms with van der Waals surface area (Å²) in [7, 11) is 0. The smallest absolute Gasteiger partial charge is 0.306 e. The highest BCUT2D eigenvalue weighted by Crippen LogP contribution is 2.16. The van der Waals surface area contributed by atoms with Crippen LogP contribution in [0.5, 0.6) is 0 Å². The molecule has 0 saturated heterocycles. The van der Waals surface area contributed by atoms with Crippen molar-refractivity contribution in [3.63, 3.8) is 0 Å². The minimum Gasteiger partial charge on any atom is -0.462 e. The number of allylic oxidation sites excluding steroid dienone is 20. The lowest BCUT2D eigenvalue weighted by molar-refractivity contribution is -0.167. The van der Waals surface area contributed by atoms with Gasteiger partial charge in [0.15, 0.2) is 6.10 Å². The van der Waals surface area contributed by atoms with Crippen molar-refractivity contribution in [3.05, 3.63) is 122 Å². The topological polar surface area (TPSA) is 78.9 Å². The molecule has 0 aliphatic rings. The fourth-order valence-electron chi connectivity index (χ4n) is 8.91. The highest BCUT2D eigenvalue weighted by atomic mass is 16.6. The SMILES string of the molecule is CC/C=C\C/C=C\C/C=C\C/C=C\C/C=C\C/C=C\CCCCC(=O)OC(COC(=O)CCCCCCCCCCCC/C=C\C/C=C\C/C=C\C/C=C\CC)COC(=O)CCCCCCCCCCCCCCCCCC. The molecule has 0 aliphatic carbocycles. The number of ether oxygens (including phenoxy) is 3. The van der Waals surface area contributed by atoms with Gasteiger partial charge >= 0.3 is 17.9 Å². The molecule has 0 rings (SSSR count). The van der Waals surface area contributed by atoms with E-state index in [2.05, 4.69) is 142 Å². The van der Waals surface area contributed by atoms with Crippen molar-refractivity contribution in [3.8, 4) is 0 Å². The molecule has 0 bridgehead atoms. The van der Waals surface area contributed by atoms with Gasteiger partial charge in [0.25, 0.3) is 0 Å². The van der Waals surface area contributed by atoms with Crippen LogP contribution >= 0.6 is 0 Å². The Morgan fingerprint density at radius 3 is 0.808 bits per heavy atom. The second-order valence-corrected chi connectivity index (χ2v) is 21.3. The first kappa shape index (κ1) is 73.8. The summed E-state index contributed by atoms with van der Waals surface area (Å²) in [6.07, 6.45) is 90.6. The summed E-state index contributed by atoms with van der Waals surface area (Å²) in [5.41, 5.74) is 0. The molecule has 0 aromatic rings. The van der Waals surface area contributed by atoms with Gasteiger partial charge in [-0.3, -0.25) is 14.4 Å². The van der Waals surface area contributed by atoms with Gasteiger partial charge in [-0.2, -0.15) is 0 Å². The Labute approximate surface area is 482 Å². The molecule has 6 nitrogen and oxygen atoms in total. The van der Waals surface area contributed by atoms with Crippen LogP contribution in [0.2, 0.25) is 0 Å². The third-order valence-corrected chi connectivity index (χ3v) is 13.7. The van der Waals surface area contributed by atoms with E-state index in [4.69, 9.17) is 14.2 Å². The Hall–Kier alpha value is -4.19. The lowest BCUT2D eigenvalue weighted by Gasteiger charge is -2.18. The van der Waals surface area contributed by atoms with Gasteiger partial charge in [-0.15, -0.1) is 0 Å². The molecular formula is C72H120O6. The number of hydrogen-bond acceptors (Lipinski definition) is 6. The Kier molecular flexibility index (Phi) is 61.8. The van der Waals surface area contributed by atoms with Gasteiger partial charge in [0.1, 0.15) is 13.2 Å². The van der Waals surface area contributed by atoms with Crippen LogP contribution in [-0.4, -0.2) is 37.2 Å². The Morgan fingerprint density at radius 2 is 0.500 bits per heavy atom. The van der Waals surface area contributed by atoms with Crippen LogP contribution in [0.1, 0.15) is 297 Å². The fourth-order valence-corrected chi connectivity index (χ4v) is 8.91. The quantitative estimate of drug-likeness (QED) is 0.0261. The highest BCUT2D eigenvalue weighted by Gasteiger charge is 2.19. The Bertz CT molecular complexity index is 1620. The van der Waals surface area contributed by atoms with Crippen molar-refractivity contribution in [2.45, 2.75) is 303 Å². The summed E-state index contributed by atoms with van der Waals surface area (Å²) >= 11 is 0. The number of rotatable bonds is 58. The van der Waals surface area contributed by atoms with Crippen LogP contribution in [0.3, 0.4) is 0 Å². The number of hydrogen-bond donors (Lipinski definition) is 0. The van der Waals surface area contributed by atoms with Crippen molar-refractivity contribution in [1.29, 1.82) is 0 Å². The van der Waals surface area contributed by atoms with Crippen LogP contribution in [0.15, 0.2) is 122 Å². The second kappa shape index (κ2) is 65.3. The molecule has 0 aromatic carbocycles. The van der Waals surface area contributed by atoms with E-state index in [1.807, 2.05) is 0 Å². The summed E-state index contributed by atoms with van der Waals surface area (Å²) < 4.78 is 16.9. The predicted octanol–water partition coefficient (Wildman–Crippen LogP) is 22.4. The molecule has 0 saturated carbocycles. The monoisotopic (exact) mass is 1080 g/mol. The third-order valence-electron chi connectivity index (χ3n) is 13.7. The van der Waals surface area contributed by atoms with Crippen LogP contribution in [0.4, 0.5) is 0 Å². The zero-order chi connectivity index (χ0) is 56.4. The summed E-state index contributed by atoms with van der Waals surface area (Å²) in [5.74, 6) is -0.937. The maximum Gasteiger partial charge on any atom is 0.306 e. The van der Waals surface area contributed by atoms with E-state index in [1.54, 1.807) is 0 Å². The van der Waals surface area contributed by atoms with Crippen molar-refractivity contribution >= 4 is 17.9 Å². The van der Waals surface area contributed by atoms with Crippen LogP contribution in [0.25, 0.3) is 0 Å². The van der Waals surface area contributed by atoms with Crippen LogP contribution < -0.4 is 0 Å². The van der Waals surface area contributed by atoms with Gasteiger partial charge in [-0.1, -0.05) is 290 Å². The van der Waals surface area contributed by atoms with E-state index >= 15 is 0 Å². The zero-order valence-corrected chi connectivity index (χ0v) is 50.9. The molecule has 0 spiro atoms. The number of carbonyl (C=O) groups is 3. The van der Waals surface area contributed by atoms with E-state index in [0.29, 0.717) is 19.3 Å². The molecule has 444 valence electrons. The molecule has 0 fully saturated rings. The summed E-state index contributed by atoms with van der Waals surface area (Å²) in [6, 6.07) is 0. The van der Waals surface area contributed by atoms with E-state index in [1.165, 1.54) is 135 Å². The molecule has 0 heterocycles. The first-order valence-corrected chi connectivity index (χ1v) is 32.5. The largest absolute Gasteiger partial charge is 0.462 e. The van der Waals surface area contributed by atoms with Crippen molar-refractivity contribution in [2.24, 2.45) is 0 Å². The van der Waals surface area contributed by atoms with Gasteiger partial charge in [0.05, 0.1) is 0 Å². The summed E-state index contributed by atoms with van der Waals surface area (Å²) in [4.78, 5) is 38.4. The zero-order valence-electron chi connectivity index (χ0n) is 50.9. The Balaban J connectivity index is 4.45. The molecule has 1 unspecified atom stereocenters. The number of carbonyl (C=O) groups excluding carboxylic acids is 3. The van der Waals surface area contributed by atoms with Gasteiger partial charge < -0.3 is 14.2 Å². The highest BCUT2D eigenvalue weighted by molar-refractivity contribution is 5.71. The average molecular weight is 1080 g/mol. The minimum absolute atomic E-state index is 0.0967. The molecule has 6 heteroatoms. The van der Waals surface area contributed by atoms with Crippen LogP contribution in [0, 0.1) is 0 Å². The van der Waals surface area contributed by atoms with E-state index in [-0.39, 0.29) is 37.5 Å². The molecule has 0 amide bonds. The molecular weight excluding hydrogens is 961 g/mol. The van der Waals surface area contributed by atoms with E-state index in [9.17, 15) is 14.4 Å². The van der Waals surface area contributed by atoms with Crippen LogP contribution in [-0.2, 0) is 28.6 Å². The van der Waals surface area contributed by atoms with Gasteiger partial charge in [-0.05, 0) is 109 Å². The standard InChI is InChI=1S/C72H120O6/c1-4-7-10-13-16-19-22-25-28-31-33-35-36-38-39-41-44-47-50-53-56-59-62-65-71(74)77-68-69(67-76-70(73)64-61-58-55-52-49-46-43-30-27-24-21-18-15-12-9-6-3)78-72(75)66-63-60-57-54-51-48-45-42-40-37-34-32-29-26-23-20-17-14-11-8-5-2/h7-8,10-11,16-17,19-20,25-26,28-29,33-35,37,42,45,51,54,69H,4-6,9,12-15,18,21-24,27,30-32,36,38-41,43-44,46-50,52-53,55-68H2,1-3H3/b10-7-,11-8-,19-16-,20-17-,28-25-,29-26-,35-33-,37-34-,45-42-,54-51-. The summed E-state index contributed by atoms with van der Waals surface area (Å²) in [5, 5.41) is 0. The number of esters is 3. The normalized spacial score (nSPS) is 12.9. The maximum absolute atomic E-state index is 12.9. The summed E-state index contributed by atoms with van der Waals surface area (Å²) in [6.45, 7) is 6.40. The molecule has 0 aromatic heterocycles. The van der Waals surface area contributed by atoms with Crippen molar-refractivity contribution < 1.29 is 28.6 Å². The minimum atomic E-state index is -0.806. The Morgan fingerprint density at radius 1 is 0.269 bits per heavy atom. The predicted molar refractivity (Wildman–Crippen MR) is 339 cm³/mol. The molecule has 1 atom stereocenters. The molecule has 78 heavy (non-hydrogen) atoms. The van der Waals surface area contributed by atoms with E-state index < -0.39 is 6.10 Å². The molecule has 0 aliphatic heterocycles. The average Bonchev–Trinajstić information content (AvgIpc) is 3.44. The first-order chi connectivity index (χ1) is 38.5. The van der Waals surface area contributed by atoms with Gasteiger partial charge in [-0.25, -0.2) is 0 Å². The molecule has 0 radical (unpaired) electrons. The molecule has 0 N–H and O–H groups in total. The van der Waals surface area contributed by atoms with Gasteiger partial charge in [0, 0.05) is 19.3 Å².